The van der Waals surface area contributed by atoms with Gasteiger partial charge in [0.25, 0.3) is 0 Å². The molecule has 0 saturated heterocycles. The van der Waals surface area contributed by atoms with E-state index in [9.17, 15) is 14.7 Å². The van der Waals surface area contributed by atoms with Crippen molar-refractivity contribution in [2.45, 2.75) is 45.4 Å². The minimum atomic E-state index is -1.34. The summed E-state index contributed by atoms with van der Waals surface area (Å²) in [6.07, 6.45) is -0.596. The molecule has 150 valence electrons. The molecule has 0 heterocycles. The van der Waals surface area contributed by atoms with Crippen LogP contribution in [0.5, 0.6) is 5.75 Å². The third kappa shape index (κ3) is 6.61. The second-order valence-corrected chi connectivity index (χ2v) is 7.55. The van der Waals surface area contributed by atoms with Crippen LogP contribution in [0.15, 0.2) is 54.6 Å². The van der Waals surface area contributed by atoms with Gasteiger partial charge in [0.15, 0.2) is 0 Å². The highest BCUT2D eigenvalue weighted by Gasteiger charge is 2.26. The van der Waals surface area contributed by atoms with Crippen LogP contribution in [0.1, 0.15) is 31.9 Å². The molecular weight excluding hydrogens is 358 g/mol. The lowest BCUT2D eigenvalue weighted by molar-refractivity contribution is -0.310. The van der Waals surface area contributed by atoms with Gasteiger partial charge in [-0.2, -0.15) is 0 Å². The van der Waals surface area contributed by atoms with Gasteiger partial charge in [0.05, 0.1) is 12.0 Å². The van der Waals surface area contributed by atoms with E-state index in [1.807, 2.05) is 30.3 Å². The second kappa shape index (κ2) is 9.26. The summed E-state index contributed by atoms with van der Waals surface area (Å²) >= 11 is 0. The molecule has 0 aliphatic carbocycles. The van der Waals surface area contributed by atoms with Crippen LogP contribution in [0, 0.1) is 0 Å². The summed E-state index contributed by atoms with van der Waals surface area (Å²) in [5, 5.41) is 11.6. The fourth-order valence-electron chi connectivity index (χ4n) is 2.53. The van der Waals surface area contributed by atoms with Crippen molar-refractivity contribution in [2.75, 3.05) is 7.05 Å². The maximum atomic E-state index is 12.2. The van der Waals surface area contributed by atoms with E-state index in [0.717, 1.165) is 16.0 Å². The molecule has 0 aromatic heterocycles. The topological polar surface area (TPSA) is 78.9 Å². The number of hydrogen-bond acceptors (Lipinski definition) is 5. The number of amides is 1. The molecule has 28 heavy (non-hydrogen) atoms. The Morgan fingerprint density at radius 3 is 2.14 bits per heavy atom. The molecule has 2 aromatic carbocycles. The zero-order valence-corrected chi connectivity index (χ0v) is 16.7. The number of carboxylic acid groups (broad SMARTS) is 1. The van der Waals surface area contributed by atoms with Crippen molar-refractivity contribution in [3.63, 3.8) is 0 Å². The van der Waals surface area contributed by atoms with Gasteiger partial charge in [0.2, 0.25) is 0 Å². The van der Waals surface area contributed by atoms with E-state index in [4.69, 9.17) is 9.47 Å². The first kappa shape index (κ1) is 21.3. The van der Waals surface area contributed by atoms with Crippen molar-refractivity contribution in [3.05, 3.63) is 65.7 Å². The van der Waals surface area contributed by atoms with E-state index < -0.39 is 23.7 Å². The third-order valence-corrected chi connectivity index (χ3v) is 4.02. The van der Waals surface area contributed by atoms with Crippen LogP contribution in [-0.2, 0) is 22.6 Å². The lowest BCUT2D eigenvalue weighted by Crippen LogP contribution is -2.51. The number of aliphatic carboxylic acids is 1. The first-order valence-electron chi connectivity index (χ1n) is 9.08. The third-order valence-electron chi connectivity index (χ3n) is 4.02. The largest absolute Gasteiger partial charge is 0.548 e. The van der Waals surface area contributed by atoms with Crippen molar-refractivity contribution >= 4 is 12.1 Å². The number of ether oxygens (including phenoxy) is 2. The van der Waals surface area contributed by atoms with E-state index in [1.165, 1.54) is 7.05 Å². The highest BCUT2D eigenvalue weighted by molar-refractivity contribution is 5.79. The zero-order valence-electron chi connectivity index (χ0n) is 16.7. The highest BCUT2D eigenvalue weighted by Crippen LogP contribution is 2.17. The molecule has 0 spiro atoms. The fraction of sp³-hybridized carbons (Fsp3) is 0.364. The monoisotopic (exact) mass is 384 g/mol. The van der Waals surface area contributed by atoms with Crippen LogP contribution >= 0.6 is 0 Å². The number of likely N-dealkylation sites (N-methyl/N-ethyl adjacent to an activating group) is 1. The minimum Gasteiger partial charge on any atom is -0.548 e. The van der Waals surface area contributed by atoms with E-state index in [2.05, 4.69) is 0 Å². The van der Waals surface area contributed by atoms with Gasteiger partial charge in [-0.05, 0) is 50.5 Å². The summed E-state index contributed by atoms with van der Waals surface area (Å²) in [6, 6.07) is 15.8. The quantitative estimate of drug-likeness (QED) is 0.733. The minimum absolute atomic E-state index is 0.108. The molecule has 2 aromatic rings. The number of carboxylic acids is 1. The van der Waals surface area contributed by atoms with Crippen molar-refractivity contribution in [3.8, 4) is 5.75 Å². The smallest absolute Gasteiger partial charge is 0.410 e. The molecule has 1 atom stereocenters. The predicted octanol–water partition coefficient (Wildman–Crippen LogP) is 2.79. The Bertz CT molecular complexity index is 781. The predicted molar refractivity (Wildman–Crippen MR) is 104 cm³/mol. The zero-order chi connectivity index (χ0) is 20.7. The number of carbonyl (C=O) groups excluding carboxylic acids is 2. The number of nitrogens with zero attached hydrogens (tertiary/aromatic N) is 1. The average molecular weight is 384 g/mol. The van der Waals surface area contributed by atoms with E-state index >= 15 is 0 Å². The molecule has 0 aliphatic rings. The standard InChI is InChI=1S/C22H27NO5/c1-22(2,3)28-21(26)23(4)19(20(24)25)14-16-10-12-18(13-11-16)27-15-17-8-6-5-7-9-17/h5-13,19H,14-15H2,1-4H3,(H,24,25)/p-1/t19-/m0/s1. The van der Waals surface area contributed by atoms with Crippen LogP contribution in [0.25, 0.3) is 0 Å². The normalized spacial score (nSPS) is 12.1. The van der Waals surface area contributed by atoms with Gasteiger partial charge in [0, 0.05) is 7.05 Å². The summed E-state index contributed by atoms with van der Waals surface area (Å²) in [6.45, 7) is 5.62. The number of benzene rings is 2. The van der Waals surface area contributed by atoms with Gasteiger partial charge in [-0.1, -0.05) is 42.5 Å². The molecule has 0 N–H and O–H groups in total. The molecule has 2 rings (SSSR count). The Hall–Kier alpha value is -3.02. The molecule has 0 radical (unpaired) electrons. The molecule has 0 saturated carbocycles. The van der Waals surface area contributed by atoms with Crippen LogP contribution in [0.3, 0.4) is 0 Å². The molecule has 1 amide bonds. The molecule has 0 fully saturated rings. The summed E-state index contributed by atoms with van der Waals surface area (Å²) in [5.41, 5.74) is 1.10. The molecule has 6 nitrogen and oxygen atoms in total. The SMILES string of the molecule is CN(C(=O)OC(C)(C)C)[C@@H](Cc1ccc(OCc2ccccc2)cc1)C(=O)[O-]. The van der Waals surface area contributed by atoms with Gasteiger partial charge in [-0.15, -0.1) is 0 Å². The lowest BCUT2D eigenvalue weighted by Gasteiger charge is -2.31. The lowest BCUT2D eigenvalue weighted by atomic mass is 10.1. The molecule has 0 unspecified atom stereocenters. The molecular formula is C22H26NO5-. The van der Waals surface area contributed by atoms with E-state index in [0.29, 0.717) is 12.4 Å². The van der Waals surface area contributed by atoms with Crippen molar-refractivity contribution in [1.82, 2.24) is 4.90 Å². The highest BCUT2D eigenvalue weighted by atomic mass is 16.6. The summed E-state index contributed by atoms with van der Waals surface area (Å²) in [4.78, 5) is 24.8. The van der Waals surface area contributed by atoms with Crippen molar-refractivity contribution in [1.29, 1.82) is 0 Å². The molecule has 0 bridgehead atoms. The molecule has 6 heteroatoms. The summed E-state index contributed by atoms with van der Waals surface area (Å²) < 4.78 is 11.0. The Labute approximate surface area is 165 Å². The van der Waals surface area contributed by atoms with E-state index in [1.54, 1.807) is 45.0 Å². The van der Waals surface area contributed by atoms with Crippen LogP contribution in [0.4, 0.5) is 4.79 Å². The Morgan fingerprint density at radius 1 is 1.00 bits per heavy atom. The summed E-state index contributed by atoms with van der Waals surface area (Å²) in [5.74, 6) is -0.657. The van der Waals surface area contributed by atoms with Gasteiger partial charge >= 0.3 is 6.09 Å². The maximum absolute atomic E-state index is 12.2. The number of carbonyl (C=O) groups is 2. The Kier molecular flexibility index (Phi) is 7.04. The van der Waals surface area contributed by atoms with Gasteiger partial charge < -0.3 is 24.3 Å². The van der Waals surface area contributed by atoms with Crippen molar-refractivity contribution < 1.29 is 24.2 Å². The van der Waals surface area contributed by atoms with Crippen LogP contribution < -0.4 is 9.84 Å². The first-order valence-corrected chi connectivity index (χ1v) is 9.08. The average Bonchev–Trinajstić information content (AvgIpc) is 2.64. The molecule has 0 aliphatic heterocycles. The van der Waals surface area contributed by atoms with Gasteiger partial charge in [0.1, 0.15) is 18.0 Å². The Morgan fingerprint density at radius 2 is 1.61 bits per heavy atom. The Balaban J connectivity index is 1.99. The fourth-order valence-corrected chi connectivity index (χ4v) is 2.53. The number of hydrogen-bond donors (Lipinski definition) is 0. The number of rotatable bonds is 7. The van der Waals surface area contributed by atoms with Gasteiger partial charge in [-0.25, -0.2) is 4.79 Å². The van der Waals surface area contributed by atoms with Crippen molar-refractivity contribution in [2.24, 2.45) is 0 Å². The van der Waals surface area contributed by atoms with Crippen LogP contribution in [0.2, 0.25) is 0 Å². The first-order chi connectivity index (χ1) is 13.2. The second-order valence-electron chi connectivity index (χ2n) is 7.55. The van der Waals surface area contributed by atoms with E-state index in [-0.39, 0.29) is 6.42 Å². The maximum Gasteiger partial charge on any atom is 0.410 e. The summed E-state index contributed by atoms with van der Waals surface area (Å²) in [7, 11) is 1.39. The van der Waals surface area contributed by atoms with Gasteiger partial charge in [-0.3, -0.25) is 0 Å². The van der Waals surface area contributed by atoms with Crippen LogP contribution in [-0.4, -0.2) is 35.7 Å².